The molecule has 2 aromatic heterocycles. The van der Waals surface area contributed by atoms with E-state index in [4.69, 9.17) is 0 Å². The molecule has 0 fully saturated rings. The first-order chi connectivity index (χ1) is 14.9. The number of pyridine rings is 1. The van der Waals surface area contributed by atoms with Crippen LogP contribution in [-0.4, -0.2) is 46.0 Å². The van der Waals surface area contributed by atoms with Gasteiger partial charge in [-0.3, -0.25) is 4.90 Å². The minimum Gasteiger partial charge on any atom is -0.338 e. The van der Waals surface area contributed by atoms with Crippen molar-refractivity contribution >= 4 is 11.7 Å². The van der Waals surface area contributed by atoms with Crippen molar-refractivity contribution in [1.82, 2.24) is 24.9 Å². The molecule has 1 aromatic carbocycles. The van der Waals surface area contributed by atoms with Crippen molar-refractivity contribution in [3.8, 4) is 0 Å². The van der Waals surface area contributed by atoms with Crippen LogP contribution in [0.4, 0.5) is 4.79 Å². The minimum absolute atomic E-state index is 0.0318. The van der Waals surface area contributed by atoms with Crippen molar-refractivity contribution in [3.63, 3.8) is 0 Å². The van der Waals surface area contributed by atoms with Crippen LogP contribution < -0.4 is 10.6 Å². The third-order valence-electron chi connectivity index (χ3n) is 6.08. The van der Waals surface area contributed by atoms with E-state index in [9.17, 15) is 4.79 Å². The lowest BCUT2D eigenvalue weighted by Gasteiger charge is -2.37. The van der Waals surface area contributed by atoms with E-state index in [1.165, 1.54) is 11.1 Å². The summed E-state index contributed by atoms with van der Waals surface area (Å²) in [5.41, 5.74) is 4.72. The van der Waals surface area contributed by atoms with Gasteiger partial charge in [0, 0.05) is 51.0 Å². The average molecular weight is 420 g/mol. The van der Waals surface area contributed by atoms with E-state index in [0.717, 1.165) is 37.4 Å². The lowest BCUT2D eigenvalue weighted by atomic mass is 9.86. The highest BCUT2D eigenvalue weighted by atomic mass is 16.2. The molecule has 0 unspecified atom stereocenters. The molecule has 3 aromatic rings. The Morgan fingerprint density at radius 1 is 1.13 bits per heavy atom. The van der Waals surface area contributed by atoms with Crippen LogP contribution in [0, 0.1) is 5.41 Å². The Balaban J connectivity index is 1.29. The number of amides is 2. The Labute approximate surface area is 184 Å². The molecule has 4 rings (SSSR count). The van der Waals surface area contributed by atoms with Crippen molar-refractivity contribution in [2.24, 2.45) is 5.41 Å². The summed E-state index contributed by atoms with van der Waals surface area (Å²) in [6.07, 6.45) is 5.77. The molecule has 1 atom stereocenters. The van der Waals surface area contributed by atoms with Gasteiger partial charge in [0.25, 0.3) is 0 Å². The van der Waals surface area contributed by atoms with Gasteiger partial charge in [-0.2, -0.15) is 0 Å². The lowest BCUT2D eigenvalue weighted by Crippen LogP contribution is -2.54. The van der Waals surface area contributed by atoms with Gasteiger partial charge in [-0.1, -0.05) is 51.1 Å². The van der Waals surface area contributed by atoms with Crippen molar-refractivity contribution in [3.05, 3.63) is 71.7 Å². The number of hydrogen-bond acceptors (Lipinski definition) is 3. The zero-order chi connectivity index (χ0) is 21.8. The van der Waals surface area contributed by atoms with Gasteiger partial charge < -0.3 is 15.0 Å². The highest BCUT2D eigenvalue weighted by molar-refractivity contribution is 5.74. The van der Waals surface area contributed by atoms with E-state index in [0.29, 0.717) is 13.0 Å². The van der Waals surface area contributed by atoms with E-state index in [-0.39, 0.29) is 17.5 Å². The number of nitrogens with one attached hydrogen (secondary N) is 2. The van der Waals surface area contributed by atoms with Crippen LogP contribution in [0.15, 0.2) is 54.9 Å². The molecule has 0 spiro atoms. The SMILES string of the molecule is CC(C)(C)[C@@H](CN1CCc2ccccc2C1)NC(=O)NCCc1cn2ccccc2n1. The van der Waals surface area contributed by atoms with Gasteiger partial charge in [0.2, 0.25) is 0 Å². The fraction of sp³-hybridized carbons (Fsp3) is 0.440. The maximum absolute atomic E-state index is 12.6. The van der Waals surface area contributed by atoms with Gasteiger partial charge in [0.1, 0.15) is 5.65 Å². The summed E-state index contributed by atoms with van der Waals surface area (Å²) >= 11 is 0. The molecular formula is C25H33N5O. The van der Waals surface area contributed by atoms with Gasteiger partial charge in [0.05, 0.1) is 5.69 Å². The fourth-order valence-electron chi connectivity index (χ4n) is 4.13. The molecule has 6 nitrogen and oxygen atoms in total. The Bertz CT molecular complexity index is 1000. The van der Waals surface area contributed by atoms with Gasteiger partial charge in [-0.05, 0) is 35.1 Å². The topological polar surface area (TPSA) is 61.7 Å². The van der Waals surface area contributed by atoms with E-state index in [1.54, 1.807) is 0 Å². The molecule has 31 heavy (non-hydrogen) atoms. The second-order valence-corrected chi connectivity index (χ2v) is 9.52. The van der Waals surface area contributed by atoms with E-state index < -0.39 is 0 Å². The van der Waals surface area contributed by atoms with Crippen molar-refractivity contribution < 1.29 is 4.79 Å². The Morgan fingerprint density at radius 3 is 2.68 bits per heavy atom. The summed E-state index contributed by atoms with van der Waals surface area (Å²) < 4.78 is 2.00. The third kappa shape index (κ3) is 5.44. The zero-order valence-electron chi connectivity index (χ0n) is 18.8. The summed E-state index contributed by atoms with van der Waals surface area (Å²) in [7, 11) is 0. The number of benzene rings is 1. The Hall–Kier alpha value is -2.86. The molecule has 164 valence electrons. The first-order valence-electron chi connectivity index (χ1n) is 11.1. The number of hydrogen-bond donors (Lipinski definition) is 2. The van der Waals surface area contributed by atoms with Crippen molar-refractivity contribution in [2.45, 2.75) is 46.2 Å². The fourth-order valence-corrected chi connectivity index (χ4v) is 4.13. The zero-order valence-corrected chi connectivity index (χ0v) is 18.8. The standard InChI is InChI=1S/C25H33N5O/c1-25(2,3)22(18-29-15-12-19-8-4-5-9-20(19)16-29)28-24(31)26-13-11-21-17-30-14-7-6-10-23(30)27-21/h4-10,14,17,22H,11-13,15-16,18H2,1-3H3,(H2,26,28,31)/t22-/m1/s1. The smallest absolute Gasteiger partial charge is 0.315 e. The van der Waals surface area contributed by atoms with E-state index in [2.05, 4.69) is 65.6 Å². The molecule has 0 radical (unpaired) electrons. The summed E-state index contributed by atoms with van der Waals surface area (Å²) in [6, 6.07) is 14.6. The number of imidazole rings is 1. The Kier molecular flexibility index (Phi) is 6.28. The predicted octanol–water partition coefficient (Wildman–Crippen LogP) is 3.65. The first-order valence-corrected chi connectivity index (χ1v) is 11.1. The molecule has 0 aliphatic carbocycles. The molecule has 0 saturated carbocycles. The highest BCUT2D eigenvalue weighted by Gasteiger charge is 2.29. The average Bonchev–Trinajstić information content (AvgIpc) is 3.15. The second-order valence-electron chi connectivity index (χ2n) is 9.52. The summed E-state index contributed by atoms with van der Waals surface area (Å²) in [5.74, 6) is 0. The number of rotatable bonds is 6. The van der Waals surface area contributed by atoms with E-state index in [1.807, 2.05) is 35.0 Å². The van der Waals surface area contributed by atoms with Gasteiger partial charge >= 0.3 is 6.03 Å². The predicted molar refractivity (Wildman–Crippen MR) is 124 cm³/mol. The molecule has 1 aliphatic rings. The van der Waals surface area contributed by atoms with Crippen LogP contribution in [0.2, 0.25) is 0 Å². The molecule has 2 amide bonds. The number of carbonyl (C=O) groups is 1. The molecule has 0 saturated heterocycles. The second kappa shape index (κ2) is 9.10. The maximum atomic E-state index is 12.6. The molecule has 3 heterocycles. The van der Waals surface area contributed by atoms with Crippen LogP contribution in [0.25, 0.3) is 5.65 Å². The summed E-state index contributed by atoms with van der Waals surface area (Å²) in [5, 5.41) is 6.24. The van der Waals surface area contributed by atoms with Gasteiger partial charge in [-0.15, -0.1) is 0 Å². The number of urea groups is 1. The number of carbonyl (C=O) groups excluding carboxylic acids is 1. The lowest BCUT2D eigenvalue weighted by molar-refractivity contribution is 0.161. The van der Waals surface area contributed by atoms with Gasteiger partial charge in [0.15, 0.2) is 0 Å². The summed E-state index contributed by atoms with van der Waals surface area (Å²) in [6.45, 7) is 9.94. The quantitative estimate of drug-likeness (QED) is 0.641. The highest BCUT2D eigenvalue weighted by Crippen LogP contribution is 2.24. The molecule has 0 bridgehead atoms. The third-order valence-corrected chi connectivity index (χ3v) is 6.08. The van der Waals surface area contributed by atoms with Crippen LogP contribution in [0.1, 0.15) is 37.6 Å². The first kappa shape index (κ1) is 21.4. The molecule has 6 heteroatoms. The number of aromatic nitrogens is 2. The van der Waals surface area contributed by atoms with Crippen LogP contribution in [0.3, 0.4) is 0 Å². The van der Waals surface area contributed by atoms with Crippen molar-refractivity contribution in [1.29, 1.82) is 0 Å². The van der Waals surface area contributed by atoms with Crippen molar-refractivity contribution in [2.75, 3.05) is 19.6 Å². The monoisotopic (exact) mass is 419 g/mol. The minimum atomic E-state index is -0.110. The maximum Gasteiger partial charge on any atom is 0.315 e. The Morgan fingerprint density at radius 2 is 1.90 bits per heavy atom. The van der Waals surface area contributed by atoms with Crippen LogP contribution in [0.5, 0.6) is 0 Å². The van der Waals surface area contributed by atoms with Crippen LogP contribution >= 0.6 is 0 Å². The number of nitrogens with zero attached hydrogens (tertiary/aromatic N) is 3. The normalized spacial score (nSPS) is 15.5. The largest absolute Gasteiger partial charge is 0.338 e. The summed E-state index contributed by atoms with van der Waals surface area (Å²) in [4.78, 5) is 19.7. The van der Waals surface area contributed by atoms with Crippen LogP contribution in [-0.2, 0) is 19.4 Å². The van der Waals surface area contributed by atoms with Gasteiger partial charge in [-0.25, -0.2) is 9.78 Å². The molecule has 1 aliphatic heterocycles. The molecule has 2 N–H and O–H groups in total. The van der Waals surface area contributed by atoms with E-state index >= 15 is 0 Å². The number of fused-ring (bicyclic) bond motifs is 2. The molecular weight excluding hydrogens is 386 g/mol.